The maximum absolute atomic E-state index is 13.4. The SMILES string of the molecule is CCc1ccc(NC(=O)Cn2cc(C=O)c3cc(F)ccc32)cc1. The van der Waals surface area contributed by atoms with Crippen molar-refractivity contribution >= 4 is 28.8 Å². The zero-order valence-electron chi connectivity index (χ0n) is 13.3. The fourth-order valence-corrected chi connectivity index (χ4v) is 2.70. The number of nitrogens with one attached hydrogen (secondary N) is 1. The van der Waals surface area contributed by atoms with Gasteiger partial charge in [-0.25, -0.2) is 4.39 Å². The first-order valence-electron chi connectivity index (χ1n) is 7.73. The fraction of sp³-hybridized carbons (Fsp3) is 0.158. The zero-order chi connectivity index (χ0) is 17.1. The van der Waals surface area contributed by atoms with Crippen LogP contribution in [-0.2, 0) is 17.8 Å². The molecule has 0 atom stereocenters. The molecule has 0 saturated carbocycles. The number of rotatable bonds is 5. The average molecular weight is 324 g/mol. The predicted octanol–water partition coefficient (Wildman–Crippen LogP) is 3.79. The molecule has 0 fully saturated rings. The van der Waals surface area contributed by atoms with Gasteiger partial charge in [-0.3, -0.25) is 9.59 Å². The van der Waals surface area contributed by atoms with Crippen molar-refractivity contribution in [2.75, 3.05) is 5.32 Å². The number of hydrogen-bond acceptors (Lipinski definition) is 2. The van der Waals surface area contributed by atoms with Crippen molar-refractivity contribution < 1.29 is 14.0 Å². The van der Waals surface area contributed by atoms with E-state index < -0.39 is 5.82 Å². The molecule has 1 N–H and O–H groups in total. The van der Waals surface area contributed by atoms with Gasteiger partial charge in [-0.2, -0.15) is 0 Å². The van der Waals surface area contributed by atoms with Crippen molar-refractivity contribution in [1.82, 2.24) is 4.57 Å². The van der Waals surface area contributed by atoms with Gasteiger partial charge in [0.2, 0.25) is 5.91 Å². The van der Waals surface area contributed by atoms with Crippen LogP contribution < -0.4 is 5.32 Å². The van der Waals surface area contributed by atoms with Gasteiger partial charge in [-0.1, -0.05) is 19.1 Å². The molecular weight excluding hydrogens is 307 g/mol. The third-order valence-corrected chi connectivity index (χ3v) is 3.96. The van der Waals surface area contributed by atoms with Gasteiger partial charge in [0.15, 0.2) is 6.29 Å². The maximum Gasteiger partial charge on any atom is 0.244 e. The highest BCUT2D eigenvalue weighted by molar-refractivity contribution is 5.99. The van der Waals surface area contributed by atoms with Crippen LogP contribution in [0.25, 0.3) is 10.9 Å². The van der Waals surface area contributed by atoms with Crippen LogP contribution in [0.5, 0.6) is 0 Å². The summed E-state index contributed by atoms with van der Waals surface area (Å²) in [5, 5.41) is 3.33. The van der Waals surface area contributed by atoms with Crippen molar-refractivity contribution in [3.05, 3.63) is 65.6 Å². The summed E-state index contributed by atoms with van der Waals surface area (Å²) in [6, 6.07) is 11.8. The van der Waals surface area contributed by atoms with Crippen LogP contribution in [0.15, 0.2) is 48.7 Å². The van der Waals surface area contributed by atoms with Gasteiger partial charge >= 0.3 is 0 Å². The Morgan fingerprint density at radius 1 is 1.21 bits per heavy atom. The molecule has 1 aromatic heterocycles. The normalized spacial score (nSPS) is 10.8. The average Bonchev–Trinajstić information content (AvgIpc) is 2.92. The highest BCUT2D eigenvalue weighted by Gasteiger charge is 2.12. The second kappa shape index (κ2) is 6.66. The molecular formula is C19H17FN2O2. The first-order valence-corrected chi connectivity index (χ1v) is 7.73. The van der Waals surface area contributed by atoms with Gasteiger partial charge in [0.1, 0.15) is 12.4 Å². The van der Waals surface area contributed by atoms with Gasteiger partial charge in [0.05, 0.1) is 0 Å². The van der Waals surface area contributed by atoms with Gasteiger partial charge in [0, 0.05) is 28.4 Å². The standard InChI is InChI=1S/C19H17FN2O2/c1-2-13-3-6-16(7-4-13)21-19(24)11-22-10-14(12-23)17-9-15(20)5-8-18(17)22/h3-10,12H,2,11H2,1H3,(H,21,24). The molecule has 0 aliphatic rings. The molecule has 24 heavy (non-hydrogen) atoms. The van der Waals surface area contributed by atoms with Crippen molar-refractivity contribution in [2.24, 2.45) is 0 Å². The molecule has 1 amide bonds. The Labute approximate surface area is 138 Å². The number of hydrogen-bond donors (Lipinski definition) is 1. The summed E-state index contributed by atoms with van der Waals surface area (Å²) in [5.41, 5.74) is 2.93. The highest BCUT2D eigenvalue weighted by atomic mass is 19.1. The summed E-state index contributed by atoms with van der Waals surface area (Å²) in [7, 11) is 0. The summed E-state index contributed by atoms with van der Waals surface area (Å²) in [6.45, 7) is 2.11. The monoisotopic (exact) mass is 324 g/mol. The molecule has 0 saturated heterocycles. The molecule has 0 spiro atoms. The van der Waals surface area contributed by atoms with Crippen molar-refractivity contribution in [2.45, 2.75) is 19.9 Å². The second-order valence-electron chi connectivity index (χ2n) is 5.59. The molecule has 0 bridgehead atoms. The number of benzene rings is 2. The van der Waals surface area contributed by atoms with E-state index in [0.29, 0.717) is 22.8 Å². The lowest BCUT2D eigenvalue weighted by atomic mass is 10.1. The smallest absolute Gasteiger partial charge is 0.244 e. The molecule has 0 aliphatic carbocycles. The minimum absolute atomic E-state index is 0.0471. The molecule has 3 aromatic rings. The van der Waals surface area contributed by atoms with Gasteiger partial charge in [0.25, 0.3) is 0 Å². The third kappa shape index (κ3) is 3.20. The number of aromatic nitrogens is 1. The maximum atomic E-state index is 13.4. The first kappa shape index (κ1) is 15.9. The van der Waals surface area contributed by atoms with E-state index in [1.807, 2.05) is 24.3 Å². The van der Waals surface area contributed by atoms with Gasteiger partial charge < -0.3 is 9.88 Å². The topological polar surface area (TPSA) is 51.1 Å². The largest absolute Gasteiger partial charge is 0.337 e. The van der Waals surface area contributed by atoms with Gasteiger partial charge in [-0.05, 0) is 42.3 Å². The quantitative estimate of drug-likeness (QED) is 0.726. The summed E-state index contributed by atoms with van der Waals surface area (Å²) < 4.78 is 15.0. The van der Waals surface area contributed by atoms with E-state index in [9.17, 15) is 14.0 Å². The number of nitrogens with zero attached hydrogens (tertiary/aromatic N) is 1. The van der Waals surface area contributed by atoms with Crippen molar-refractivity contribution in [1.29, 1.82) is 0 Å². The van der Waals surface area contributed by atoms with E-state index in [4.69, 9.17) is 0 Å². The van der Waals surface area contributed by atoms with Crippen LogP contribution in [0.4, 0.5) is 10.1 Å². The van der Waals surface area contributed by atoms with Gasteiger partial charge in [-0.15, -0.1) is 0 Å². The summed E-state index contributed by atoms with van der Waals surface area (Å²) in [5.74, 6) is -0.623. The molecule has 3 rings (SSSR count). The molecule has 122 valence electrons. The van der Waals surface area contributed by atoms with E-state index in [1.54, 1.807) is 16.8 Å². The summed E-state index contributed by atoms with van der Waals surface area (Å²) in [6.07, 6.45) is 3.17. The number of fused-ring (bicyclic) bond motifs is 1. The number of carbonyl (C=O) groups is 2. The second-order valence-corrected chi connectivity index (χ2v) is 5.59. The molecule has 0 radical (unpaired) electrons. The fourth-order valence-electron chi connectivity index (χ4n) is 2.70. The highest BCUT2D eigenvalue weighted by Crippen LogP contribution is 2.21. The summed E-state index contributed by atoms with van der Waals surface area (Å²) in [4.78, 5) is 23.4. The van der Waals surface area contributed by atoms with E-state index in [-0.39, 0.29) is 12.5 Å². The zero-order valence-corrected chi connectivity index (χ0v) is 13.3. The summed E-state index contributed by atoms with van der Waals surface area (Å²) >= 11 is 0. The number of carbonyl (C=O) groups excluding carboxylic acids is 2. The number of anilines is 1. The Balaban J connectivity index is 1.81. The number of amides is 1. The third-order valence-electron chi connectivity index (χ3n) is 3.96. The van der Waals surface area contributed by atoms with Crippen LogP contribution in [0.2, 0.25) is 0 Å². The molecule has 0 unspecified atom stereocenters. The Bertz CT molecular complexity index is 898. The molecule has 1 heterocycles. The Morgan fingerprint density at radius 3 is 2.62 bits per heavy atom. The van der Waals surface area contributed by atoms with Crippen molar-refractivity contribution in [3.63, 3.8) is 0 Å². The minimum atomic E-state index is -0.413. The molecule has 4 nitrogen and oxygen atoms in total. The van der Waals surface area contributed by atoms with Crippen LogP contribution in [0, 0.1) is 5.82 Å². The van der Waals surface area contributed by atoms with E-state index in [0.717, 1.165) is 12.1 Å². The number of aryl methyl sites for hydroxylation is 1. The lowest BCUT2D eigenvalue weighted by Crippen LogP contribution is -2.18. The van der Waals surface area contributed by atoms with E-state index in [1.165, 1.54) is 17.7 Å². The Kier molecular flexibility index (Phi) is 4.42. The van der Waals surface area contributed by atoms with Crippen LogP contribution in [0.3, 0.4) is 0 Å². The number of halogens is 1. The van der Waals surface area contributed by atoms with Crippen LogP contribution in [-0.4, -0.2) is 16.8 Å². The van der Waals surface area contributed by atoms with E-state index in [2.05, 4.69) is 12.2 Å². The number of aldehydes is 1. The van der Waals surface area contributed by atoms with Crippen LogP contribution in [0.1, 0.15) is 22.8 Å². The lowest BCUT2D eigenvalue weighted by Gasteiger charge is -2.08. The molecule has 2 aromatic carbocycles. The lowest BCUT2D eigenvalue weighted by molar-refractivity contribution is -0.116. The van der Waals surface area contributed by atoms with Crippen LogP contribution >= 0.6 is 0 Å². The predicted molar refractivity (Wildman–Crippen MR) is 91.7 cm³/mol. The Morgan fingerprint density at radius 2 is 1.96 bits per heavy atom. The minimum Gasteiger partial charge on any atom is -0.337 e. The van der Waals surface area contributed by atoms with E-state index >= 15 is 0 Å². The van der Waals surface area contributed by atoms with Crippen molar-refractivity contribution in [3.8, 4) is 0 Å². The Hall–Kier alpha value is -2.95. The molecule has 5 heteroatoms. The molecule has 0 aliphatic heterocycles. The first-order chi connectivity index (χ1) is 11.6.